The molecule has 0 rings (SSSR count). The smallest absolute Gasteiger partial charge is 0.363 e. The Labute approximate surface area is 123 Å². The average molecular weight is 329 g/mol. The molecule has 0 heterocycles. The van der Waals surface area contributed by atoms with Crippen LogP contribution in [0.4, 0.5) is 0 Å². The molecule has 19 heavy (non-hydrogen) atoms. The molecule has 0 aliphatic rings. The lowest BCUT2D eigenvalue weighted by Crippen LogP contribution is -2.53. The van der Waals surface area contributed by atoms with Crippen molar-refractivity contribution in [3.05, 3.63) is 0 Å². The van der Waals surface area contributed by atoms with E-state index < -0.39 is 25.0 Å². The van der Waals surface area contributed by atoms with E-state index in [-0.39, 0.29) is 21.1 Å². The van der Waals surface area contributed by atoms with Crippen molar-refractivity contribution in [2.75, 3.05) is 26.7 Å². The second-order valence-corrected chi connectivity index (χ2v) is 19.8. The summed E-state index contributed by atoms with van der Waals surface area (Å²) in [6, 6.07) is 0. The number of hydrogen-bond donors (Lipinski definition) is 1. The standard InChI is InChI=1S/C10H28O4Si3.2CH4/c1-12-17(8-11,13-2)10-16(6,7)14-9-15(3,4)5;;/h11H,8-10H2,1-7H3;2*1H4. The summed E-state index contributed by atoms with van der Waals surface area (Å²) in [5, 5.41) is 9.46. The molecule has 0 atom stereocenters. The second kappa shape index (κ2) is 9.43. The van der Waals surface area contributed by atoms with Crippen molar-refractivity contribution in [3.63, 3.8) is 0 Å². The van der Waals surface area contributed by atoms with Gasteiger partial charge < -0.3 is 18.4 Å². The van der Waals surface area contributed by atoms with Gasteiger partial charge in [0.1, 0.15) is 0 Å². The average Bonchev–Trinajstić information content (AvgIpc) is 2.23. The van der Waals surface area contributed by atoms with Gasteiger partial charge in [0.15, 0.2) is 8.32 Å². The molecular formula is C12H36O4Si3. The highest BCUT2D eigenvalue weighted by Crippen LogP contribution is 2.22. The molecule has 0 radical (unpaired) electrons. The molecule has 0 saturated carbocycles. The zero-order valence-corrected chi connectivity index (χ0v) is 15.3. The largest absolute Gasteiger partial charge is 0.421 e. The minimum atomic E-state index is -2.44. The lowest BCUT2D eigenvalue weighted by molar-refractivity contribution is 0.199. The van der Waals surface area contributed by atoms with Crippen LogP contribution in [0.5, 0.6) is 0 Å². The molecule has 4 nitrogen and oxygen atoms in total. The van der Waals surface area contributed by atoms with Crippen LogP contribution >= 0.6 is 0 Å². The highest BCUT2D eigenvalue weighted by molar-refractivity contribution is 6.88. The van der Waals surface area contributed by atoms with Crippen LogP contribution in [-0.2, 0) is 13.3 Å². The molecule has 0 bridgehead atoms. The molecule has 0 unspecified atom stereocenters. The molecule has 0 aliphatic heterocycles. The molecule has 1 N–H and O–H groups in total. The van der Waals surface area contributed by atoms with E-state index in [4.69, 9.17) is 13.3 Å². The van der Waals surface area contributed by atoms with Gasteiger partial charge in [-0.2, -0.15) is 0 Å². The predicted octanol–water partition coefficient (Wildman–Crippen LogP) is 3.16. The summed E-state index contributed by atoms with van der Waals surface area (Å²) >= 11 is 0. The molecule has 120 valence electrons. The van der Waals surface area contributed by atoms with Crippen LogP contribution < -0.4 is 0 Å². The van der Waals surface area contributed by atoms with Crippen LogP contribution in [0.25, 0.3) is 0 Å². The topological polar surface area (TPSA) is 47.9 Å². The third-order valence-electron chi connectivity index (χ3n) is 2.58. The Kier molecular flexibility index (Phi) is 12.2. The highest BCUT2D eigenvalue weighted by Gasteiger charge is 2.43. The van der Waals surface area contributed by atoms with E-state index >= 15 is 0 Å². The SMILES string of the molecule is C.C.CO[Si](CO)(C[Si](C)(C)OC[Si](C)(C)C)OC. The summed E-state index contributed by atoms with van der Waals surface area (Å²) in [4.78, 5) is 0. The van der Waals surface area contributed by atoms with Gasteiger partial charge in [0.05, 0.1) is 14.3 Å². The minimum absolute atomic E-state index is 0. The van der Waals surface area contributed by atoms with Gasteiger partial charge in [-0.25, -0.2) is 0 Å². The zero-order chi connectivity index (χ0) is 13.7. The summed E-state index contributed by atoms with van der Waals surface area (Å²) in [7, 11) is -2.22. The highest BCUT2D eigenvalue weighted by atomic mass is 28.4. The zero-order valence-electron chi connectivity index (χ0n) is 12.3. The van der Waals surface area contributed by atoms with E-state index in [2.05, 4.69) is 32.7 Å². The van der Waals surface area contributed by atoms with Crippen LogP contribution in [0, 0.1) is 0 Å². The Hall–Kier alpha value is 0.491. The quantitative estimate of drug-likeness (QED) is 0.695. The molecular weight excluding hydrogens is 292 g/mol. The van der Waals surface area contributed by atoms with Crippen LogP contribution in [0.1, 0.15) is 14.9 Å². The normalized spacial score (nSPS) is 12.6. The Balaban J connectivity index is -0.00000128. The Morgan fingerprint density at radius 3 is 1.58 bits per heavy atom. The summed E-state index contributed by atoms with van der Waals surface area (Å²) in [5.41, 5.74) is 0.772. The van der Waals surface area contributed by atoms with Gasteiger partial charge in [0, 0.05) is 26.1 Å². The third-order valence-corrected chi connectivity index (χ3v) is 12.3. The molecule has 0 aromatic carbocycles. The minimum Gasteiger partial charge on any atom is -0.421 e. The maximum Gasteiger partial charge on any atom is 0.363 e. The maximum atomic E-state index is 9.46. The molecule has 0 fully saturated rings. The van der Waals surface area contributed by atoms with Gasteiger partial charge in [-0.15, -0.1) is 0 Å². The summed E-state index contributed by atoms with van der Waals surface area (Å²) in [6.45, 7) is 11.2. The fourth-order valence-corrected chi connectivity index (χ4v) is 12.4. The van der Waals surface area contributed by atoms with E-state index in [1.165, 1.54) is 0 Å². The van der Waals surface area contributed by atoms with E-state index in [1.807, 2.05) is 0 Å². The van der Waals surface area contributed by atoms with Gasteiger partial charge in [-0.05, 0) is 13.1 Å². The molecule has 7 heteroatoms. The number of aliphatic hydroxyl groups is 1. The van der Waals surface area contributed by atoms with Crippen LogP contribution in [0.3, 0.4) is 0 Å². The van der Waals surface area contributed by atoms with Crippen LogP contribution in [-0.4, -0.2) is 56.7 Å². The van der Waals surface area contributed by atoms with E-state index in [0.717, 1.165) is 11.9 Å². The summed E-state index contributed by atoms with van der Waals surface area (Å²) in [5.74, 6) is 0. The fraction of sp³-hybridized carbons (Fsp3) is 1.00. The van der Waals surface area contributed by atoms with Crippen LogP contribution in [0.15, 0.2) is 0 Å². The fourth-order valence-electron chi connectivity index (χ4n) is 1.52. The predicted molar refractivity (Wildman–Crippen MR) is 91.9 cm³/mol. The maximum absolute atomic E-state index is 9.46. The van der Waals surface area contributed by atoms with Crippen molar-refractivity contribution in [3.8, 4) is 0 Å². The van der Waals surface area contributed by atoms with Crippen molar-refractivity contribution < 1.29 is 18.4 Å². The summed E-state index contributed by atoms with van der Waals surface area (Å²) in [6.07, 6.45) is 0.863. The van der Waals surface area contributed by atoms with Crippen molar-refractivity contribution in [1.82, 2.24) is 0 Å². The second-order valence-electron chi connectivity index (χ2n) is 6.26. The van der Waals surface area contributed by atoms with E-state index in [1.54, 1.807) is 14.2 Å². The number of rotatable bonds is 8. The van der Waals surface area contributed by atoms with Gasteiger partial charge in [-0.1, -0.05) is 34.5 Å². The Morgan fingerprint density at radius 2 is 1.32 bits per heavy atom. The molecule has 0 aromatic rings. The molecule has 0 amide bonds. The monoisotopic (exact) mass is 328 g/mol. The first-order chi connectivity index (χ1) is 7.60. The number of hydrogen-bond acceptors (Lipinski definition) is 4. The van der Waals surface area contributed by atoms with E-state index in [0.29, 0.717) is 0 Å². The molecule has 0 aromatic heterocycles. The van der Waals surface area contributed by atoms with Crippen molar-refractivity contribution >= 4 is 25.0 Å². The Morgan fingerprint density at radius 1 is 0.895 bits per heavy atom. The van der Waals surface area contributed by atoms with Gasteiger partial charge in [0.2, 0.25) is 0 Å². The van der Waals surface area contributed by atoms with Gasteiger partial charge in [-0.3, -0.25) is 0 Å². The van der Waals surface area contributed by atoms with Crippen LogP contribution in [0.2, 0.25) is 38.4 Å². The first-order valence-corrected chi connectivity index (χ1v) is 15.0. The Bertz CT molecular complexity index is 217. The first kappa shape index (κ1) is 24.5. The van der Waals surface area contributed by atoms with Crippen molar-refractivity contribution in [1.29, 1.82) is 0 Å². The molecule has 0 spiro atoms. The summed E-state index contributed by atoms with van der Waals surface area (Å²) < 4.78 is 17.0. The van der Waals surface area contributed by atoms with Gasteiger partial charge in [0.25, 0.3) is 0 Å². The van der Waals surface area contributed by atoms with Gasteiger partial charge >= 0.3 is 8.56 Å². The molecule has 0 saturated heterocycles. The number of aliphatic hydroxyl groups excluding tert-OH is 1. The van der Waals surface area contributed by atoms with Crippen molar-refractivity contribution in [2.24, 2.45) is 0 Å². The van der Waals surface area contributed by atoms with Crippen molar-refractivity contribution in [2.45, 2.75) is 53.3 Å². The third kappa shape index (κ3) is 9.94. The lowest BCUT2D eigenvalue weighted by atomic mass is 11.7. The lowest BCUT2D eigenvalue weighted by Gasteiger charge is -2.34. The van der Waals surface area contributed by atoms with E-state index in [9.17, 15) is 5.11 Å². The molecule has 0 aliphatic carbocycles. The first-order valence-electron chi connectivity index (χ1n) is 5.95.